The monoisotopic (exact) mass is 401 g/mol. The fourth-order valence-electron chi connectivity index (χ4n) is 3.26. The van der Waals surface area contributed by atoms with Gasteiger partial charge in [-0.25, -0.2) is 0 Å². The summed E-state index contributed by atoms with van der Waals surface area (Å²) in [5.74, 6) is 0.108. The predicted octanol–water partition coefficient (Wildman–Crippen LogP) is 4.07. The zero-order chi connectivity index (χ0) is 20.8. The van der Waals surface area contributed by atoms with E-state index in [-0.39, 0.29) is 24.7 Å². The molecule has 0 radical (unpaired) electrons. The summed E-state index contributed by atoms with van der Waals surface area (Å²) in [6, 6.07) is 9.56. The summed E-state index contributed by atoms with van der Waals surface area (Å²) in [4.78, 5) is 0. The summed E-state index contributed by atoms with van der Waals surface area (Å²) in [6.07, 6.45) is 4.58. The molecule has 0 aromatic heterocycles. The Bertz CT molecular complexity index is 571. The highest BCUT2D eigenvalue weighted by atomic mass is 32.2. The van der Waals surface area contributed by atoms with Crippen LogP contribution in [0, 0.1) is 5.92 Å². The van der Waals surface area contributed by atoms with Crippen LogP contribution < -0.4 is 5.32 Å². The maximum absolute atomic E-state index is 11.8. The number of hydrogen-bond donors (Lipinski definition) is 2. The first kappa shape index (κ1) is 26.1. The fourth-order valence-corrected chi connectivity index (χ4v) is 4.22. The second-order valence-electron chi connectivity index (χ2n) is 6.90. The maximum Gasteiger partial charge on any atom is 0.267 e. The standard InChI is InChI=1S/C19H32O4S.C2H7N/c1-4-10-17(11-5-2)19(20,18-12-8-7-9-13-18)14-15-23-24(21,22)16-6-3;1-3-2/h7-9,12-13,17,20H,4-6,10-11,14-16H2,1-3H3;3H,1-2H3. The minimum atomic E-state index is -3.50. The zero-order valence-electron chi connectivity index (χ0n) is 17.7. The van der Waals surface area contributed by atoms with Gasteiger partial charge in [0.05, 0.1) is 18.0 Å². The van der Waals surface area contributed by atoms with Gasteiger partial charge in [0.15, 0.2) is 0 Å². The van der Waals surface area contributed by atoms with Crippen molar-refractivity contribution >= 4 is 10.1 Å². The molecule has 1 atom stereocenters. The lowest BCUT2D eigenvalue weighted by Crippen LogP contribution is -2.37. The van der Waals surface area contributed by atoms with Crippen LogP contribution in [0.2, 0.25) is 0 Å². The van der Waals surface area contributed by atoms with Crippen LogP contribution in [0.5, 0.6) is 0 Å². The number of aliphatic hydroxyl groups is 1. The molecule has 0 aliphatic heterocycles. The van der Waals surface area contributed by atoms with E-state index in [2.05, 4.69) is 19.2 Å². The van der Waals surface area contributed by atoms with Gasteiger partial charge in [0.1, 0.15) is 0 Å². The second-order valence-corrected chi connectivity index (χ2v) is 8.66. The Kier molecular flexibility index (Phi) is 13.6. The molecule has 5 nitrogen and oxygen atoms in total. The van der Waals surface area contributed by atoms with Crippen molar-refractivity contribution in [3.8, 4) is 0 Å². The smallest absolute Gasteiger partial charge is 0.267 e. The molecule has 158 valence electrons. The van der Waals surface area contributed by atoms with Crippen molar-refractivity contribution in [3.05, 3.63) is 35.9 Å². The SMILES string of the molecule is CCCC(CCC)C(O)(CCOS(=O)(=O)CCC)c1ccccc1.CNC. The summed E-state index contributed by atoms with van der Waals surface area (Å²) in [6.45, 7) is 6.03. The van der Waals surface area contributed by atoms with E-state index in [4.69, 9.17) is 4.18 Å². The molecule has 0 bridgehead atoms. The average Bonchev–Trinajstić information content (AvgIpc) is 2.62. The molecular formula is C21H39NO4S. The van der Waals surface area contributed by atoms with Gasteiger partial charge >= 0.3 is 0 Å². The van der Waals surface area contributed by atoms with Gasteiger partial charge in [-0.15, -0.1) is 0 Å². The van der Waals surface area contributed by atoms with Crippen LogP contribution in [0.15, 0.2) is 30.3 Å². The lowest BCUT2D eigenvalue weighted by atomic mass is 9.75. The molecule has 0 amide bonds. The van der Waals surface area contributed by atoms with Crippen LogP contribution in [0.3, 0.4) is 0 Å². The number of benzene rings is 1. The quantitative estimate of drug-likeness (QED) is 0.516. The molecule has 0 aliphatic carbocycles. The number of rotatable bonds is 12. The molecule has 0 saturated carbocycles. The molecule has 1 aromatic carbocycles. The maximum atomic E-state index is 11.8. The molecule has 1 aromatic rings. The topological polar surface area (TPSA) is 75.6 Å². The normalized spacial score (nSPS) is 13.7. The van der Waals surface area contributed by atoms with Gasteiger partial charge in [-0.3, -0.25) is 4.18 Å². The van der Waals surface area contributed by atoms with Gasteiger partial charge in [-0.05, 0) is 44.8 Å². The fraction of sp³-hybridized carbons (Fsp3) is 0.714. The van der Waals surface area contributed by atoms with E-state index in [0.717, 1.165) is 31.2 Å². The van der Waals surface area contributed by atoms with Crippen molar-refractivity contribution in [2.24, 2.45) is 5.92 Å². The zero-order valence-corrected chi connectivity index (χ0v) is 18.5. The van der Waals surface area contributed by atoms with Crippen LogP contribution in [0.4, 0.5) is 0 Å². The molecule has 6 heteroatoms. The minimum Gasteiger partial charge on any atom is -0.385 e. The molecule has 1 unspecified atom stereocenters. The molecule has 0 fully saturated rings. The third-order valence-electron chi connectivity index (χ3n) is 4.42. The van der Waals surface area contributed by atoms with Gasteiger partial charge < -0.3 is 10.4 Å². The van der Waals surface area contributed by atoms with Crippen molar-refractivity contribution < 1.29 is 17.7 Å². The highest BCUT2D eigenvalue weighted by Gasteiger charge is 2.37. The van der Waals surface area contributed by atoms with E-state index in [0.29, 0.717) is 6.42 Å². The molecule has 2 N–H and O–H groups in total. The van der Waals surface area contributed by atoms with Gasteiger partial charge in [-0.1, -0.05) is 63.9 Å². The van der Waals surface area contributed by atoms with Gasteiger partial charge in [0, 0.05) is 6.42 Å². The Morgan fingerprint density at radius 1 is 1.04 bits per heavy atom. The molecule has 0 heterocycles. The molecule has 1 rings (SSSR count). The van der Waals surface area contributed by atoms with E-state index < -0.39 is 15.7 Å². The Hall–Kier alpha value is -0.950. The average molecular weight is 402 g/mol. The molecular weight excluding hydrogens is 362 g/mol. The molecule has 27 heavy (non-hydrogen) atoms. The van der Waals surface area contributed by atoms with Gasteiger partial charge in [0.2, 0.25) is 0 Å². The Balaban J connectivity index is 0.00000210. The lowest BCUT2D eigenvalue weighted by Gasteiger charge is -2.37. The highest BCUT2D eigenvalue weighted by molar-refractivity contribution is 7.86. The van der Waals surface area contributed by atoms with Crippen LogP contribution in [0.1, 0.15) is 64.9 Å². The summed E-state index contributed by atoms with van der Waals surface area (Å²) in [5, 5.41) is 14.2. The summed E-state index contributed by atoms with van der Waals surface area (Å²) in [7, 11) is 0.252. The van der Waals surface area contributed by atoms with E-state index in [1.165, 1.54) is 0 Å². The second kappa shape index (κ2) is 14.1. The van der Waals surface area contributed by atoms with Gasteiger partial charge in [-0.2, -0.15) is 8.42 Å². The van der Waals surface area contributed by atoms with E-state index >= 15 is 0 Å². The first-order valence-electron chi connectivity index (χ1n) is 10.0. The summed E-state index contributed by atoms with van der Waals surface area (Å²) in [5.41, 5.74) is -0.219. The Morgan fingerprint density at radius 2 is 1.56 bits per heavy atom. The van der Waals surface area contributed by atoms with Gasteiger partial charge in [0.25, 0.3) is 10.1 Å². The van der Waals surface area contributed by atoms with Crippen molar-refractivity contribution in [2.45, 2.75) is 64.9 Å². The van der Waals surface area contributed by atoms with Crippen LogP contribution in [-0.4, -0.2) is 40.0 Å². The predicted molar refractivity (Wildman–Crippen MR) is 113 cm³/mol. The molecule has 0 spiro atoms. The highest BCUT2D eigenvalue weighted by Crippen LogP contribution is 2.38. The van der Waals surface area contributed by atoms with E-state index in [1.807, 2.05) is 44.4 Å². The Morgan fingerprint density at radius 3 is 2.00 bits per heavy atom. The first-order chi connectivity index (χ1) is 12.8. The minimum absolute atomic E-state index is 0.0116. The third-order valence-corrected chi connectivity index (χ3v) is 5.86. The lowest BCUT2D eigenvalue weighted by molar-refractivity contribution is -0.0475. The van der Waals surface area contributed by atoms with Crippen molar-refractivity contribution in [1.82, 2.24) is 5.32 Å². The van der Waals surface area contributed by atoms with E-state index in [9.17, 15) is 13.5 Å². The van der Waals surface area contributed by atoms with Crippen LogP contribution in [-0.2, 0) is 19.9 Å². The number of hydrogen-bond acceptors (Lipinski definition) is 5. The van der Waals surface area contributed by atoms with Crippen molar-refractivity contribution in [1.29, 1.82) is 0 Å². The largest absolute Gasteiger partial charge is 0.385 e. The Labute approximate surface area is 166 Å². The summed E-state index contributed by atoms with van der Waals surface area (Å²) < 4.78 is 28.6. The number of nitrogens with one attached hydrogen (secondary N) is 1. The van der Waals surface area contributed by atoms with Crippen LogP contribution >= 0.6 is 0 Å². The van der Waals surface area contributed by atoms with Crippen molar-refractivity contribution in [3.63, 3.8) is 0 Å². The third kappa shape index (κ3) is 9.70. The molecule has 0 aliphatic rings. The molecule has 0 saturated heterocycles. The van der Waals surface area contributed by atoms with E-state index in [1.54, 1.807) is 6.92 Å². The first-order valence-corrected chi connectivity index (χ1v) is 11.6. The van der Waals surface area contributed by atoms with Crippen LogP contribution in [0.25, 0.3) is 0 Å². The summed E-state index contributed by atoms with van der Waals surface area (Å²) >= 11 is 0. The van der Waals surface area contributed by atoms with Crippen molar-refractivity contribution in [2.75, 3.05) is 26.5 Å².